The Morgan fingerprint density at radius 2 is 1.95 bits per heavy atom. The summed E-state index contributed by atoms with van der Waals surface area (Å²) in [6.07, 6.45) is 1.81. The molecule has 0 aromatic heterocycles. The Morgan fingerprint density at radius 3 is 2.57 bits per heavy atom. The molecule has 2 rings (SSSR count). The van der Waals surface area contributed by atoms with Crippen molar-refractivity contribution in [3.8, 4) is 11.8 Å². The molecule has 3 heteroatoms. The Labute approximate surface area is 130 Å². The lowest BCUT2D eigenvalue weighted by molar-refractivity contribution is 0.339. The molecule has 106 valence electrons. The van der Waals surface area contributed by atoms with Crippen LogP contribution in [-0.4, -0.2) is 6.61 Å². The molecule has 0 heterocycles. The molecule has 0 spiro atoms. The fourth-order valence-corrected chi connectivity index (χ4v) is 2.17. The summed E-state index contributed by atoms with van der Waals surface area (Å²) in [6.45, 7) is 4.51. The van der Waals surface area contributed by atoms with Crippen molar-refractivity contribution >= 4 is 23.3 Å². The molecule has 0 atom stereocenters. The van der Waals surface area contributed by atoms with Crippen molar-refractivity contribution in [2.75, 3.05) is 6.61 Å². The highest BCUT2D eigenvalue weighted by Crippen LogP contribution is 2.27. The highest BCUT2D eigenvalue weighted by atomic mass is 35.5. The zero-order valence-corrected chi connectivity index (χ0v) is 12.8. The Balaban J connectivity index is 2.47. The third-order valence-corrected chi connectivity index (χ3v) is 3.29. The van der Waals surface area contributed by atoms with Crippen LogP contribution in [0.4, 0.5) is 0 Å². The fourth-order valence-electron chi connectivity index (χ4n) is 1.99. The number of benzene rings is 2. The first kappa shape index (κ1) is 15.2. The maximum absolute atomic E-state index is 9.41. The SMILES string of the molecule is CCOc1ccc(Cl)cc1/C=C(\C#N)c1ccc(C)cc1. The van der Waals surface area contributed by atoms with Crippen LogP contribution in [0.5, 0.6) is 5.75 Å². The molecule has 2 nitrogen and oxygen atoms in total. The zero-order chi connectivity index (χ0) is 15.2. The summed E-state index contributed by atoms with van der Waals surface area (Å²) >= 11 is 6.04. The summed E-state index contributed by atoms with van der Waals surface area (Å²) in [7, 11) is 0. The van der Waals surface area contributed by atoms with Crippen molar-refractivity contribution in [3.63, 3.8) is 0 Å². The van der Waals surface area contributed by atoms with Crippen LogP contribution in [0.2, 0.25) is 5.02 Å². The Morgan fingerprint density at radius 1 is 1.24 bits per heavy atom. The topological polar surface area (TPSA) is 33.0 Å². The Kier molecular flexibility index (Phi) is 5.03. The number of ether oxygens (including phenoxy) is 1. The van der Waals surface area contributed by atoms with Gasteiger partial charge in [-0.15, -0.1) is 0 Å². The highest BCUT2D eigenvalue weighted by Gasteiger charge is 2.06. The second-order valence-electron chi connectivity index (χ2n) is 4.65. The van der Waals surface area contributed by atoms with Crippen LogP contribution in [0.1, 0.15) is 23.6 Å². The highest BCUT2D eigenvalue weighted by molar-refractivity contribution is 6.30. The van der Waals surface area contributed by atoms with Gasteiger partial charge in [0, 0.05) is 10.6 Å². The predicted octanol–water partition coefficient (Wildman–Crippen LogP) is 5.11. The minimum atomic E-state index is 0.564. The smallest absolute Gasteiger partial charge is 0.126 e. The van der Waals surface area contributed by atoms with Crippen LogP contribution in [0.3, 0.4) is 0 Å². The number of hydrogen-bond acceptors (Lipinski definition) is 2. The molecule has 0 aliphatic carbocycles. The van der Waals surface area contributed by atoms with Gasteiger partial charge in [-0.05, 0) is 43.7 Å². The molecule has 0 fully saturated rings. The lowest BCUT2D eigenvalue weighted by atomic mass is 10.0. The number of allylic oxidation sites excluding steroid dienone is 1. The third-order valence-electron chi connectivity index (χ3n) is 3.05. The fraction of sp³-hybridized carbons (Fsp3) is 0.167. The monoisotopic (exact) mass is 297 g/mol. The molecule has 0 amide bonds. The van der Waals surface area contributed by atoms with Gasteiger partial charge in [-0.3, -0.25) is 0 Å². The van der Waals surface area contributed by atoms with E-state index in [2.05, 4.69) is 6.07 Å². The molecule has 0 bridgehead atoms. The number of rotatable bonds is 4. The van der Waals surface area contributed by atoms with Crippen molar-refractivity contribution in [2.45, 2.75) is 13.8 Å². The molecule has 0 saturated carbocycles. The van der Waals surface area contributed by atoms with Crippen LogP contribution in [0.15, 0.2) is 42.5 Å². The van der Waals surface area contributed by atoms with E-state index in [0.29, 0.717) is 17.2 Å². The number of nitrogens with zero attached hydrogens (tertiary/aromatic N) is 1. The lowest BCUT2D eigenvalue weighted by Gasteiger charge is -2.08. The minimum Gasteiger partial charge on any atom is -0.493 e. The van der Waals surface area contributed by atoms with E-state index in [1.807, 2.05) is 50.3 Å². The second-order valence-corrected chi connectivity index (χ2v) is 5.09. The van der Waals surface area contributed by atoms with Gasteiger partial charge >= 0.3 is 0 Å². The van der Waals surface area contributed by atoms with E-state index in [-0.39, 0.29) is 0 Å². The summed E-state index contributed by atoms with van der Waals surface area (Å²) in [5.41, 5.74) is 3.43. The van der Waals surface area contributed by atoms with Gasteiger partial charge in [0.15, 0.2) is 0 Å². The molecular weight excluding hydrogens is 282 g/mol. The lowest BCUT2D eigenvalue weighted by Crippen LogP contribution is -1.94. The predicted molar refractivity (Wildman–Crippen MR) is 87.3 cm³/mol. The number of nitriles is 1. The molecular formula is C18H16ClNO. The second kappa shape index (κ2) is 6.97. The van der Waals surface area contributed by atoms with Gasteiger partial charge in [-0.25, -0.2) is 0 Å². The maximum Gasteiger partial charge on any atom is 0.126 e. The Hall–Kier alpha value is -2.24. The van der Waals surface area contributed by atoms with E-state index in [1.54, 1.807) is 12.1 Å². The van der Waals surface area contributed by atoms with Gasteiger partial charge in [-0.2, -0.15) is 5.26 Å². The Bertz CT molecular complexity index is 696. The molecule has 0 aliphatic heterocycles. The van der Waals surface area contributed by atoms with E-state index in [4.69, 9.17) is 16.3 Å². The first-order valence-corrected chi connectivity index (χ1v) is 7.13. The molecule has 2 aromatic carbocycles. The summed E-state index contributed by atoms with van der Waals surface area (Å²) in [6, 6.07) is 15.5. The number of aryl methyl sites for hydroxylation is 1. The van der Waals surface area contributed by atoms with Gasteiger partial charge in [-0.1, -0.05) is 41.4 Å². The maximum atomic E-state index is 9.41. The van der Waals surface area contributed by atoms with E-state index in [1.165, 1.54) is 0 Å². The van der Waals surface area contributed by atoms with Crippen molar-refractivity contribution < 1.29 is 4.74 Å². The standard InChI is InChI=1S/C18H16ClNO/c1-3-21-18-9-8-17(19)11-15(18)10-16(12-20)14-6-4-13(2)5-7-14/h4-11H,3H2,1-2H3/b16-10+. The van der Waals surface area contributed by atoms with Crippen LogP contribution in [0.25, 0.3) is 11.6 Å². The summed E-state index contributed by atoms with van der Waals surface area (Å²) in [4.78, 5) is 0. The third kappa shape index (κ3) is 3.87. The largest absolute Gasteiger partial charge is 0.493 e. The summed E-state index contributed by atoms with van der Waals surface area (Å²) in [5.74, 6) is 0.724. The summed E-state index contributed by atoms with van der Waals surface area (Å²) < 4.78 is 5.58. The van der Waals surface area contributed by atoms with Crippen LogP contribution in [0, 0.1) is 18.3 Å². The number of hydrogen-bond donors (Lipinski definition) is 0. The molecule has 0 radical (unpaired) electrons. The first-order chi connectivity index (χ1) is 10.1. The molecule has 0 unspecified atom stereocenters. The molecule has 0 saturated heterocycles. The van der Waals surface area contributed by atoms with Crippen LogP contribution < -0.4 is 4.74 Å². The van der Waals surface area contributed by atoms with Crippen molar-refractivity contribution in [1.82, 2.24) is 0 Å². The number of halogens is 1. The quantitative estimate of drug-likeness (QED) is 0.580. The molecule has 0 N–H and O–H groups in total. The molecule has 21 heavy (non-hydrogen) atoms. The van der Waals surface area contributed by atoms with Gasteiger partial charge in [0.1, 0.15) is 5.75 Å². The van der Waals surface area contributed by atoms with E-state index < -0.39 is 0 Å². The first-order valence-electron chi connectivity index (χ1n) is 6.75. The summed E-state index contributed by atoms with van der Waals surface area (Å²) in [5, 5.41) is 10.0. The van der Waals surface area contributed by atoms with E-state index in [0.717, 1.165) is 22.4 Å². The van der Waals surface area contributed by atoms with Crippen molar-refractivity contribution in [2.24, 2.45) is 0 Å². The van der Waals surface area contributed by atoms with Crippen LogP contribution in [-0.2, 0) is 0 Å². The van der Waals surface area contributed by atoms with Crippen LogP contribution >= 0.6 is 11.6 Å². The normalized spacial score (nSPS) is 11.0. The van der Waals surface area contributed by atoms with Gasteiger partial charge < -0.3 is 4.74 Å². The molecule has 0 aliphatic rings. The van der Waals surface area contributed by atoms with E-state index >= 15 is 0 Å². The van der Waals surface area contributed by atoms with E-state index in [9.17, 15) is 5.26 Å². The zero-order valence-electron chi connectivity index (χ0n) is 12.1. The van der Waals surface area contributed by atoms with Gasteiger partial charge in [0.05, 0.1) is 18.2 Å². The van der Waals surface area contributed by atoms with Crippen molar-refractivity contribution in [3.05, 3.63) is 64.2 Å². The van der Waals surface area contributed by atoms with Gasteiger partial charge in [0.2, 0.25) is 0 Å². The van der Waals surface area contributed by atoms with Crippen molar-refractivity contribution in [1.29, 1.82) is 5.26 Å². The molecule has 2 aromatic rings. The minimum absolute atomic E-state index is 0.564. The van der Waals surface area contributed by atoms with Gasteiger partial charge in [0.25, 0.3) is 0 Å². The average Bonchev–Trinajstić information content (AvgIpc) is 2.48. The average molecular weight is 298 g/mol.